The van der Waals surface area contributed by atoms with Gasteiger partial charge in [0.1, 0.15) is 5.82 Å². The van der Waals surface area contributed by atoms with Crippen LogP contribution in [0.5, 0.6) is 0 Å². The molecule has 0 unspecified atom stereocenters. The van der Waals surface area contributed by atoms with Gasteiger partial charge in [-0.1, -0.05) is 15.9 Å². The Morgan fingerprint density at radius 2 is 2.21 bits per heavy atom. The summed E-state index contributed by atoms with van der Waals surface area (Å²) in [7, 11) is 0. The van der Waals surface area contributed by atoms with Crippen LogP contribution in [0.1, 0.15) is 21.9 Å². The molecule has 0 saturated heterocycles. The second-order valence-electron chi connectivity index (χ2n) is 3.94. The summed E-state index contributed by atoms with van der Waals surface area (Å²) in [5.41, 5.74) is 1.59. The maximum atomic E-state index is 11.1. The highest BCUT2D eigenvalue weighted by molar-refractivity contribution is 9.10. The van der Waals surface area contributed by atoms with Crippen LogP contribution in [0.25, 0.3) is 0 Å². The first-order valence-electron chi connectivity index (χ1n) is 5.61. The quantitative estimate of drug-likeness (QED) is 0.905. The molecule has 0 radical (unpaired) electrons. The lowest BCUT2D eigenvalue weighted by molar-refractivity contribution is 0.0698. The lowest BCUT2D eigenvalue weighted by Gasteiger charge is -2.10. The van der Waals surface area contributed by atoms with E-state index < -0.39 is 5.97 Å². The molecule has 0 amide bonds. The van der Waals surface area contributed by atoms with E-state index in [1.54, 1.807) is 30.5 Å². The third-order valence-electron chi connectivity index (χ3n) is 2.51. The second kappa shape index (κ2) is 5.79. The Balaban J connectivity index is 2.19. The molecular formula is C13H12BrN3O2. The lowest BCUT2D eigenvalue weighted by atomic mass is 10.2. The number of rotatable bonds is 4. The molecule has 1 heterocycles. The molecule has 1 aromatic carbocycles. The smallest absolute Gasteiger partial charge is 0.337 e. The van der Waals surface area contributed by atoms with E-state index in [9.17, 15) is 4.79 Å². The number of nitrogens with one attached hydrogen (secondary N) is 1. The van der Waals surface area contributed by atoms with Crippen molar-refractivity contribution in [2.75, 3.05) is 5.32 Å². The number of aromatic carboxylic acids is 1. The second-order valence-corrected chi connectivity index (χ2v) is 4.86. The van der Waals surface area contributed by atoms with Gasteiger partial charge in [-0.15, -0.1) is 0 Å². The van der Waals surface area contributed by atoms with E-state index in [0.29, 0.717) is 18.1 Å². The van der Waals surface area contributed by atoms with Crippen LogP contribution in [-0.4, -0.2) is 21.0 Å². The van der Waals surface area contributed by atoms with Gasteiger partial charge in [0.25, 0.3) is 0 Å². The van der Waals surface area contributed by atoms with Gasteiger partial charge in [-0.2, -0.15) is 0 Å². The molecule has 0 aliphatic carbocycles. The highest BCUT2D eigenvalue weighted by Crippen LogP contribution is 2.22. The van der Waals surface area contributed by atoms with Crippen molar-refractivity contribution in [3.8, 4) is 0 Å². The fraction of sp³-hybridized carbons (Fsp3) is 0.154. The third-order valence-corrected chi connectivity index (χ3v) is 3.00. The standard InChI is InChI=1S/C13H12BrN3O2/c1-8-15-5-4-10(17-8)7-16-12-6-9(14)2-3-11(12)13(18)19/h2-6,16H,7H2,1H3,(H,18,19). The number of halogens is 1. The minimum atomic E-state index is -0.964. The maximum Gasteiger partial charge on any atom is 0.337 e. The fourth-order valence-corrected chi connectivity index (χ4v) is 2.00. The molecule has 0 fully saturated rings. The molecule has 2 N–H and O–H groups in total. The van der Waals surface area contributed by atoms with Crippen LogP contribution in [0.2, 0.25) is 0 Å². The lowest BCUT2D eigenvalue weighted by Crippen LogP contribution is -2.08. The number of carbonyl (C=O) groups is 1. The van der Waals surface area contributed by atoms with Gasteiger partial charge in [0.2, 0.25) is 0 Å². The average Bonchev–Trinajstić information content (AvgIpc) is 2.36. The van der Waals surface area contributed by atoms with Crippen LogP contribution in [0.15, 0.2) is 34.9 Å². The van der Waals surface area contributed by atoms with Gasteiger partial charge in [-0.25, -0.2) is 14.8 Å². The van der Waals surface area contributed by atoms with Crippen LogP contribution < -0.4 is 5.32 Å². The molecule has 6 heteroatoms. The van der Waals surface area contributed by atoms with Crippen LogP contribution in [0.3, 0.4) is 0 Å². The Kier molecular flexibility index (Phi) is 4.11. The third kappa shape index (κ3) is 3.51. The summed E-state index contributed by atoms with van der Waals surface area (Å²) in [4.78, 5) is 19.4. The van der Waals surface area contributed by atoms with Crippen LogP contribution >= 0.6 is 15.9 Å². The summed E-state index contributed by atoms with van der Waals surface area (Å²) in [6.45, 7) is 2.26. The minimum Gasteiger partial charge on any atom is -0.478 e. The molecule has 0 saturated carbocycles. The number of anilines is 1. The zero-order chi connectivity index (χ0) is 13.8. The maximum absolute atomic E-state index is 11.1. The first kappa shape index (κ1) is 13.5. The molecule has 0 spiro atoms. The van der Waals surface area contributed by atoms with Crippen molar-refractivity contribution in [1.29, 1.82) is 0 Å². The Labute approximate surface area is 118 Å². The number of hydrogen-bond acceptors (Lipinski definition) is 4. The van der Waals surface area contributed by atoms with Gasteiger partial charge in [0.05, 0.1) is 23.5 Å². The zero-order valence-electron chi connectivity index (χ0n) is 10.2. The largest absolute Gasteiger partial charge is 0.478 e. The number of carboxylic acids is 1. The van der Waals surface area contributed by atoms with E-state index in [1.807, 2.05) is 6.92 Å². The molecule has 1 aromatic heterocycles. The molecule has 98 valence electrons. The molecule has 19 heavy (non-hydrogen) atoms. The zero-order valence-corrected chi connectivity index (χ0v) is 11.8. The van der Waals surface area contributed by atoms with E-state index in [1.165, 1.54) is 0 Å². The van der Waals surface area contributed by atoms with Crippen molar-refractivity contribution in [3.05, 3.63) is 52.0 Å². The number of nitrogens with zero attached hydrogens (tertiary/aromatic N) is 2. The van der Waals surface area contributed by atoms with Crippen molar-refractivity contribution in [2.24, 2.45) is 0 Å². The SMILES string of the molecule is Cc1nccc(CNc2cc(Br)ccc2C(=O)O)n1. The Morgan fingerprint density at radius 3 is 2.89 bits per heavy atom. The molecule has 2 aromatic rings. The summed E-state index contributed by atoms with van der Waals surface area (Å²) in [6, 6.07) is 6.78. The highest BCUT2D eigenvalue weighted by Gasteiger charge is 2.10. The Morgan fingerprint density at radius 1 is 1.42 bits per heavy atom. The van der Waals surface area contributed by atoms with E-state index >= 15 is 0 Å². The fourth-order valence-electron chi connectivity index (χ4n) is 1.64. The molecule has 0 bridgehead atoms. The van der Waals surface area contributed by atoms with Crippen molar-refractivity contribution in [1.82, 2.24) is 9.97 Å². The topological polar surface area (TPSA) is 75.1 Å². The number of carboxylic acid groups (broad SMARTS) is 1. The summed E-state index contributed by atoms with van der Waals surface area (Å²) in [6.07, 6.45) is 1.68. The number of benzene rings is 1. The Hall–Kier alpha value is -1.95. The first-order chi connectivity index (χ1) is 9.06. The number of aryl methyl sites for hydroxylation is 1. The molecule has 2 rings (SSSR count). The average molecular weight is 322 g/mol. The van der Waals surface area contributed by atoms with Crippen LogP contribution in [0.4, 0.5) is 5.69 Å². The van der Waals surface area contributed by atoms with E-state index in [2.05, 4.69) is 31.2 Å². The number of aromatic nitrogens is 2. The van der Waals surface area contributed by atoms with Crippen molar-refractivity contribution >= 4 is 27.6 Å². The van der Waals surface area contributed by atoms with Crippen molar-refractivity contribution in [3.63, 3.8) is 0 Å². The van der Waals surface area contributed by atoms with E-state index in [0.717, 1.165) is 10.2 Å². The molecule has 0 aliphatic heterocycles. The van der Waals surface area contributed by atoms with Gasteiger partial charge in [0, 0.05) is 10.7 Å². The summed E-state index contributed by atoms with van der Waals surface area (Å²) >= 11 is 3.32. The molecule has 5 nitrogen and oxygen atoms in total. The monoisotopic (exact) mass is 321 g/mol. The van der Waals surface area contributed by atoms with Crippen molar-refractivity contribution < 1.29 is 9.90 Å². The molecule has 0 atom stereocenters. The van der Waals surface area contributed by atoms with Crippen LogP contribution in [0, 0.1) is 6.92 Å². The predicted molar refractivity (Wildman–Crippen MR) is 75.2 cm³/mol. The van der Waals surface area contributed by atoms with E-state index in [4.69, 9.17) is 5.11 Å². The molecule has 0 aliphatic rings. The first-order valence-corrected chi connectivity index (χ1v) is 6.41. The summed E-state index contributed by atoms with van der Waals surface area (Å²) in [5.74, 6) is -0.277. The predicted octanol–water partition coefficient (Wildman–Crippen LogP) is 2.86. The number of hydrogen-bond donors (Lipinski definition) is 2. The van der Waals surface area contributed by atoms with E-state index in [-0.39, 0.29) is 5.56 Å². The highest BCUT2D eigenvalue weighted by atomic mass is 79.9. The summed E-state index contributed by atoms with van der Waals surface area (Å²) < 4.78 is 0.818. The minimum absolute atomic E-state index is 0.231. The molecular weight excluding hydrogens is 310 g/mol. The Bertz CT molecular complexity index is 617. The van der Waals surface area contributed by atoms with Gasteiger partial charge in [-0.05, 0) is 31.2 Å². The summed E-state index contributed by atoms with van der Waals surface area (Å²) in [5, 5.41) is 12.2. The van der Waals surface area contributed by atoms with Crippen molar-refractivity contribution in [2.45, 2.75) is 13.5 Å². The normalized spacial score (nSPS) is 10.2. The van der Waals surface area contributed by atoms with Gasteiger partial charge in [0.15, 0.2) is 0 Å². The van der Waals surface area contributed by atoms with Gasteiger partial charge >= 0.3 is 5.97 Å². The van der Waals surface area contributed by atoms with Gasteiger partial charge < -0.3 is 10.4 Å². The van der Waals surface area contributed by atoms with Gasteiger partial charge in [-0.3, -0.25) is 0 Å². The van der Waals surface area contributed by atoms with Crippen LogP contribution in [-0.2, 0) is 6.54 Å².